The van der Waals surface area contributed by atoms with Gasteiger partial charge >= 0.3 is 0 Å². The summed E-state index contributed by atoms with van der Waals surface area (Å²) in [5.74, 6) is 1.68. The van der Waals surface area contributed by atoms with Crippen molar-refractivity contribution in [2.24, 2.45) is 17.6 Å². The van der Waals surface area contributed by atoms with Crippen LogP contribution in [0.5, 0.6) is 5.75 Å². The van der Waals surface area contributed by atoms with E-state index in [1.807, 2.05) is 0 Å². The van der Waals surface area contributed by atoms with E-state index in [0.717, 1.165) is 24.8 Å². The molecule has 1 fully saturated rings. The van der Waals surface area contributed by atoms with Crippen molar-refractivity contribution in [3.05, 3.63) is 29.6 Å². The molecular weight excluding hydrogens is 229 g/mol. The molecular formula is C15H22FNO. The van der Waals surface area contributed by atoms with Gasteiger partial charge in [0.15, 0.2) is 0 Å². The van der Waals surface area contributed by atoms with Crippen molar-refractivity contribution < 1.29 is 9.13 Å². The lowest BCUT2D eigenvalue weighted by Gasteiger charge is -2.41. The second-order valence-corrected chi connectivity index (χ2v) is 5.70. The quantitative estimate of drug-likeness (QED) is 0.873. The van der Waals surface area contributed by atoms with Gasteiger partial charge in [0.1, 0.15) is 11.6 Å². The zero-order valence-corrected chi connectivity index (χ0v) is 11.4. The number of nitrogens with two attached hydrogens (primary N) is 1. The van der Waals surface area contributed by atoms with Gasteiger partial charge in [-0.15, -0.1) is 0 Å². The first kappa shape index (κ1) is 13.3. The molecule has 3 unspecified atom stereocenters. The summed E-state index contributed by atoms with van der Waals surface area (Å²) in [6.45, 7) is 4.48. The monoisotopic (exact) mass is 251 g/mol. The highest BCUT2D eigenvalue weighted by Gasteiger charge is 2.37. The van der Waals surface area contributed by atoms with Crippen molar-refractivity contribution in [3.8, 4) is 5.75 Å². The molecule has 1 aromatic rings. The van der Waals surface area contributed by atoms with Crippen LogP contribution >= 0.6 is 0 Å². The SMILES string of the molecule is COc1ccc(F)cc1C1(N)CCC(C)C(C)C1. The van der Waals surface area contributed by atoms with Crippen molar-refractivity contribution in [1.29, 1.82) is 0 Å². The van der Waals surface area contributed by atoms with E-state index in [1.54, 1.807) is 13.2 Å². The molecule has 1 aliphatic rings. The highest BCUT2D eigenvalue weighted by Crippen LogP contribution is 2.43. The maximum absolute atomic E-state index is 13.5. The average molecular weight is 251 g/mol. The Morgan fingerprint density at radius 1 is 1.33 bits per heavy atom. The zero-order chi connectivity index (χ0) is 13.3. The Labute approximate surface area is 108 Å². The molecule has 100 valence electrons. The Balaban J connectivity index is 2.37. The van der Waals surface area contributed by atoms with E-state index in [-0.39, 0.29) is 5.82 Å². The molecule has 3 atom stereocenters. The smallest absolute Gasteiger partial charge is 0.124 e. The van der Waals surface area contributed by atoms with Gasteiger partial charge in [-0.05, 0) is 49.3 Å². The molecule has 2 rings (SSSR count). The molecule has 0 heterocycles. The lowest BCUT2D eigenvalue weighted by molar-refractivity contribution is 0.173. The van der Waals surface area contributed by atoms with Crippen LogP contribution in [0, 0.1) is 17.7 Å². The Bertz CT molecular complexity index is 435. The number of methoxy groups -OCH3 is 1. The van der Waals surface area contributed by atoms with Gasteiger partial charge in [0, 0.05) is 11.1 Å². The second-order valence-electron chi connectivity index (χ2n) is 5.70. The predicted octanol–water partition coefficient (Wildman–Crippen LogP) is 3.44. The predicted molar refractivity (Wildman–Crippen MR) is 71.0 cm³/mol. The van der Waals surface area contributed by atoms with Gasteiger partial charge in [0.05, 0.1) is 7.11 Å². The van der Waals surface area contributed by atoms with E-state index in [9.17, 15) is 4.39 Å². The third-order valence-corrected chi connectivity index (χ3v) is 4.40. The maximum atomic E-state index is 13.5. The fourth-order valence-electron chi connectivity index (χ4n) is 2.96. The summed E-state index contributed by atoms with van der Waals surface area (Å²) < 4.78 is 18.8. The van der Waals surface area contributed by atoms with Crippen LogP contribution in [0.25, 0.3) is 0 Å². The van der Waals surface area contributed by atoms with Crippen molar-refractivity contribution in [3.63, 3.8) is 0 Å². The highest BCUT2D eigenvalue weighted by molar-refractivity contribution is 5.40. The number of halogens is 1. The third kappa shape index (κ3) is 2.37. The fraction of sp³-hybridized carbons (Fsp3) is 0.600. The standard InChI is InChI=1S/C15H22FNO/c1-10-6-7-15(17,9-11(10)2)13-8-12(16)4-5-14(13)18-3/h4-5,8,10-11H,6-7,9,17H2,1-3H3. The van der Waals surface area contributed by atoms with Crippen molar-refractivity contribution in [2.75, 3.05) is 7.11 Å². The summed E-state index contributed by atoms with van der Waals surface area (Å²) in [6.07, 6.45) is 2.85. The summed E-state index contributed by atoms with van der Waals surface area (Å²) in [7, 11) is 1.61. The largest absolute Gasteiger partial charge is 0.496 e. The van der Waals surface area contributed by atoms with Crippen molar-refractivity contribution >= 4 is 0 Å². The molecule has 0 spiro atoms. The van der Waals surface area contributed by atoms with Crippen LogP contribution in [0.15, 0.2) is 18.2 Å². The van der Waals surface area contributed by atoms with Crippen molar-refractivity contribution in [1.82, 2.24) is 0 Å². The van der Waals surface area contributed by atoms with E-state index in [1.165, 1.54) is 12.1 Å². The van der Waals surface area contributed by atoms with Crippen LogP contribution in [0.3, 0.4) is 0 Å². The molecule has 1 aromatic carbocycles. The molecule has 3 heteroatoms. The van der Waals surface area contributed by atoms with Gasteiger partial charge in [0.25, 0.3) is 0 Å². The third-order valence-electron chi connectivity index (χ3n) is 4.40. The lowest BCUT2D eigenvalue weighted by atomic mass is 9.69. The van der Waals surface area contributed by atoms with E-state index in [0.29, 0.717) is 17.6 Å². The summed E-state index contributed by atoms with van der Waals surface area (Å²) in [5.41, 5.74) is 6.88. The summed E-state index contributed by atoms with van der Waals surface area (Å²) >= 11 is 0. The van der Waals surface area contributed by atoms with Gasteiger partial charge in [-0.2, -0.15) is 0 Å². The molecule has 0 saturated heterocycles. The Hall–Kier alpha value is -1.09. The molecule has 1 aliphatic carbocycles. The maximum Gasteiger partial charge on any atom is 0.124 e. The molecule has 0 aromatic heterocycles. The molecule has 2 nitrogen and oxygen atoms in total. The average Bonchev–Trinajstić information content (AvgIpc) is 2.34. The summed E-state index contributed by atoms with van der Waals surface area (Å²) in [6, 6.07) is 4.62. The van der Waals surface area contributed by atoms with Crippen LogP contribution in [0.1, 0.15) is 38.7 Å². The zero-order valence-electron chi connectivity index (χ0n) is 11.4. The topological polar surface area (TPSA) is 35.2 Å². The normalized spacial score (nSPS) is 32.3. The van der Waals surface area contributed by atoms with Crippen LogP contribution in [-0.2, 0) is 5.54 Å². The number of benzene rings is 1. The number of rotatable bonds is 2. The highest BCUT2D eigenvalue weighted by atomic mass is 19.1. The Kier molecular flexibility index (Phi) is 3.62. The molecule has 0 amide bonds. The summed E-state index contributed by atoms with van der Waals surface area (Å²) in [4.78, 5) is 0. The lowest BCUT2D eigenvalue weighted by Crippen LogP contribution is -2.43. The van der Waals surface area contributed by atoms with Crippen LogP contribution in [-0.4, -0.2) is 7.11 Å². The van der Waals surface area contributed by atoms with E-state index >= 15 is 0 Å². The molecule has 18 heavy (non-hydrogen) atoms. The van der Waals surface area contributed by atoms with Crippen LogP contribution in [0.2, 0.25) is 0 Å². The van der Waals surface area contributed by atoms with E-state index < -0.39 is 5.54 Å². The molecule has 0 aliphatic heterocycles. The van der Waals surface area contributed by atoms with Crippen LogP contribution < -0.4 is 10.5 Å². The van der Waals surface area contributed by atoms with Gasteiger partial charge in [-0.1, -0.05) is 13.8 Å². The first-order valence-electron chi connectivity index (χ1n) is 6.59. The number of hydrogen-bond donors (Lipinski definition) is 1. The van der Waals surface area contributed by atoms with Crippen LogP contribution in [0.4, 0.5) is 4.39 Å². The Morgan fingerprint density at radius 2 is 2.06 bits per heavy atom. The molecule has 0 bridgehead atoms. The fourth-order valence-corrected chi connectivity index (χ4v) is 2.96. The minimum absolute atomic E-state index is 0.248. The summed E-state index contributed by atoms with van der Waals surface area (Å²) in [5, 5.41) is 0. The Morgan fingerprint density at radius 3 is 2.67 bits per heavy atom. The number of ether oxygens (including phenoxy) is 1. The van der Waals surface area contributed by atoms with Gasteiger partial charge in [0.2, 0.25) is 0 Å². The molecule has 1 saturated carbocycles. The van der Waals surface area contributed by atoms with Gasteiger partial charge < -0.3 is 10.5 Å². The second kappa shape index (κ2) is 4.88. The van der Waals surface area contributed by atoms with Crippen molar-refractivity contribution in [2.45, 2.75) is 38.6 Å². The van der Waals surface area contributed by atoms with E-state index in [4.69, 9.17) is 10.5 Å². The first-order valence-corrected chi connectivity index (χ1v) is 6.59. The van der Waals surface area contributed by atoms with Gasteiger partial charge in [-0.25, -0.2) is 4.39 Å². The molecule has 0 radical (unpaired) electrons. The minimum atomic E-state index is -0.459. The minimum Gasteiger partial charge on any atom is -0.496 e. The molecule has 2 N–H and O–H groups in total. The first-order chi connectivity index (χ1) is 8.46. The number of hydrogen-bond acceptors (Lipinski definition) is 2. The van der Waals surface area contributed by atoms with E-state index in [2.05, 4.69) is 13.8 Å². The van der Waals surface area contributed by atoms with Gasteiger partial charge in [-0.3, -0.25) is 0 Å².